The number of rotatable bonds is 14. The normalized spacial score (nSPS) is 30.0. The molecule has 2 aliphatic carbocycles. The van der Waals surface area contributed by atoms with Crippen molar-refractivity contribution in [3.05, 3.63) is 36.0 Å². The molecule has 1 fully saturated rings. The standard InChI is InChI=1S/C34H50N2O7/c1-8-11-12-13-22(9-2)26-27(32(40)36-31(26)39)29(37)25-20(6)14-15-34(42)18-23(17-21(7)28(25)34)30(38)35-24(16-19(4)5)33(41)43-10-3/h9,14-15,19-25,28,42H,2,8,10-13,16-18H2,1,3-7H3,(H,35,38)(H,36,39,40). The Balaban J connectivity index is 1.91. The van der Waals surface area contributed by atoms with E-state index < -0.39 is 58.9 Å². The molecule has 9 heteroatoms. The van der Waals surface area contributed by atoms with Crippen LogP contribution in [-0.4, -0.2) is 52.8 Å². The zero-order valence-electron chi connectivity index (χ0n) is 26.6. The molecule has 0 bridgehead atoms. The van der Waals surface area contributed by atoms with Gasteiger partial charge in [0.25, 0.3) is 11.8 Å². The summed E-state index contributed by atoms with van der Waals surface area (Å²) in [4.78, 5) is 66.3. The summed E-state index contributed by atoms with van der Waals surface area (Å²) in [5.74, 6) is -5.31. The van der Waals surface area contributed by atoms with Gasteiger partial charge >= 0.3 is 5.97 Å². The largest absolute Gasteiger partial charge is 0.464 e. The van der Waals surface area contributed by atoms with Crippen LogP contribution in [0.2, 0.25) is 0 Å². The second-order valence-corrected chi connectivity index (χ2v) is 13.1. The molecule has 3 N–H and O–H groups in total. The smallest absolute Gasteiger partial charge is 0.328 e. The number of carbonyl (C=O) groups is 5. The highest BCUT2D eigenvalue weighted by Crippen LogP contribution is 2.51. The van der Waals surface area contributed by atoms with E-state index in [0.717, 1.165) is 19.3 Å². The number of ether oxygens (including phenoxy) is 1. The lowest BCUT2D eigenvalue weighted by Gasteiger charge is -2.51. The Hall–Kier alpha value is -3.07. The fourth-order valence-corrected chi connectivity index (χ4v) is 7.36. The average molecular weight is 599 g/mol. The maximum Gasteiger partial charge on any atom is 0.328 e. The number of amides is 3. The fraction of sp³-hybridized carbons (Fsp3) is 0.676. The molecule has 1 saturated carbocycles. The van der Waals surface area contributed by atoms with Crippen LogP contribution < -0.4 is 10.6 Å². The Morgan fingerprint density at radius 3 is 2.49 bits per heavy atom. The van der Waals surface area contributed by atoms with Crippen molar-refractivity contribution in [2.45, 2.75) is 98.1 Å². The van der Waals surface area contributed by atoms with Crippen LogP contribution in [0, 0.1) is 41.4 Å². The van der Waals surface area contributed by atoms with Crippen LogP contribution in [0.15, 0.2) is 36.0 Å². The minimum Gasteiger partial charge on any atom is -0.464 e. The summed E-state index contributed by atoms with van der Waals surface area (Å²) in [5.41, 5.74) is -1.44. The third-order valence-corrected chi connectivity index (χ3v) is 9.32. The summed E-state index contributed by atoms with van der Waals surface area (Å²) in [6, 6.07) is -0.787. The Labute approximate surface area is 256 Å². The maximum atomic E-state index is 14.3. The monoisotopic (exact) mass is 598 g/mol. The number of imide groups is 1. The second kappa shape index (κ2) is 14.6. The van der Waals surface area contributed by atoms with E-state index in [1.54, 1.807) is 25.2 Å². The summed E-state index contributed by atoms with van der Waals surface area (Å²) >= 11 is 0. The summed E-state index contributed by atoms with van der Waals surface area (Å²) in [7, 11) is 0. The summed E-state index contributed by atoms with van der Waals surface area (Å²) < 4.78 is 5.18. The SMILES string of the molecule is C=CC(CCCCC)C1=C(C(=O)C2C(C)C=CC3(O)CC(C(=O)NC(CC(C)C)C(=O)OCC)CC(C)C23)C(=O)NC1=O. The zero-order chi connectivity index (χ0) is 32.1. The van der Waals surface area contributed by atoms with Gasteiger partial charge in [-0.15, -0.1) is 6.58 Å². The van der Waals surface area contributed by atoms with E-state index in [1.165, 1.54) is 0 Å². The van der Waals surface area contributed by atoms with Crippen LogP contribution in [0.5, 0.6) is 0 Å². The van der Waals surface area contributed by atoms with Crippen LogP contribution >= 0.6 is 0 Å². The molecule has 3 amide bonds. The number of nitrogens with one attached hydrogen (secondary N) is 2. The predicted molar refractivity (Wildman–Crippen MR) is 163 cm³/mol. The van der Waals surface area contributed by atoms with Crippen molar-refractivity contribution in [2.75, 3.05) is 6.61 Å². The lowest BCUT2D eigenvalue weighted by molar-refractivity contribution is -0.151. The molecular formula is C34H50N2O7. The number of esters is 1. The molecule has 0 radical (unpaired) electrons. The van der Waals surface area contributed by atoms with E-state index in [-0.39, 0.29) is 47.8 Å². The van der Waals surface area contributed by atoms with Gasteiger partial charge in [-0.05, 0) is 50.4 Å². The van der Waals surface area contributed by atoms with E-state index >= 15 is 0 Å². The van der Waals surface area contributed by atoms with Gasteiger partial charge in [-0.2, -0.15) is 0 Å². The minimum absolute atomic E-state index is 0.0708. The van der Waals surface area contributed by atoms with Gasteiger partial charge in [-0.3, -0.25) is 24.5 Å². The summed E-state index contributed by atoms with van der Waals surface area (Å²) in [6.07, 6.45) is 9.37. The molecule has 43 heavy (non-hydrogen) atoms. The number of carbonyl (C=O) groups excluding carboxylic acids is 5. The number of fused-ring (bicyclic) bond motifs is 1. The lowest BCUT2D eigenvalue weighted by atomic mass is 9.55. The van der Waals surface area contributed by atoms with Gasteiger partial charge in [0.2, 0.25) is 5.91 Å². The topological polar surface area (TPSA) is 139 Å². The van der Waals surface area contributed by atoms with E-state index in [9.17, 15) is 29.1 Å². The summed E-state index contributed by atoms with van der Waals surface area (Å²) in [6.45, 7) is 15.6. The molecule has 0 saturated heterocycles. The Morgan fingerprint density at radius 1 is 1.19 bits per heavy atom. The maximum absolute atomic E-state index is 14.3. The van der Waals surface area contributed by atoms with Crippen molar-refractivity contribution in [3.63, 3.8) is 0 Å². The number of allylic oxidation sites excluding steroid dienone is 2. The molecule has 0 aromatic heterocycles. The highest BCUT2D eigenvalue weighted by molar-refractivity contribution is 6.33. The van der Waals surface area contributed by atoms with Crippen LogP contribution in [0.25, 0.3) is 0 Å². The third-order valence-electron chi connectivity index (χ3n) is 9.32. The molecule has 0 aromatic carbocycles. The molecule has 8 unspecified atom stereocenters. The first-order valence-corrected chi connectivity index (χ1v) is 15.9. The molecule has 238 valence electrons. The lowest BCUT2D eigenvalue weighted by Crippen LogP contribution is -2.57. The number of ketones is 1. The third kappa shape index (κ3) is 7.54. The van der Waals surface area contributed by atoms with Crippen molar-refractivity contribution in [3.8, 4) is 0 Å². The second-order valence-electron chi connectivity index (χ2n) is 13.1. The molecule has 8 atom stereocenters. The Kier molecular flexibility index (Phi) is 11.7. The highest BCUT2D eigenvalue weighted by atomic mass is 16.5. The molecular weight excluding hydrogens is 548 g/mol. The first kappa shape index (κ1) is 34.4. The van der Waals surface area contributed by atoms with Gasteiger partial charge in [-0.1, -0.05) is 72.1 Å². The molecule has 3 aliphatic rings. The summed E-state index contributed by atoms with van der Waals surface area (Å²) in [5, 5.41) is 17.2. The fourth-order valence-electron chi connectivity index (χ4n) is 7.36. The molecule has 1 aliphatic heterocycles. The van der Waals surface area contributed by atoms with Crippen LogP contribution in [-0.2, 0) is 28.7 Å². The van der Waals surface area contributed by atoms with Crippen molar-refractivity contribution >= 4 is 29.5 Å². The Bertz CT molecular complexity index is 1170. The van der Waals surface area contributed by atoms with Crippen LogP contribution in [0.3, 0.4) is 0 Å². The van der Waals surface area contributed by atoms with E-state index in [0.29, 0.717) is 19.3 Å². The van der Waals surface area contributed by atoms with E-state index in [4.69, 9.17) is 4.74 Å². The number of aliphatic hydroxyl groups is 1. The van der Waals surface area contributed by atoms with Gasteiger partial charge in [0.05, 0.1) is 17.8 Å². The van der Waals surface area contributed by atoms with Gasteiger partial charge < -0.3 is 15.2 Å². The molecule has 3 rings (SSSR count). The first-order chi connectivity index (χ1) is 20.3. The van der Waals surface area contributed by atoms with Crippen molar-refractivity contribution in [1.82, 2.24) is 10.6 Å². The number of hydrogen-bond donors (Lipinski definition) is 3. The van der Waals surface area contributed by atoms with Crippen molar-refractivity contribution < 1.29 is 33.8 Å². The van der Waals surface area contributed by atoms with E-state index in [1.807, 2.05) is 27.7 Å². The Morgan fingerprint density at radius 2 is 1.88 bits per heavy atom. The first-order valence-electron chi connectivity index (χ1n) is 15.9. The molecule has 1 heterocycles. The minimum atomic E-state index is -1.48. The van der Waals surface area contributed by atoms with Crippen molar-refractivity contribution in [2.24, 2.45) is 41.4 Å². The van der Waals surface area contributed by atoms with Crippen LogP contribution in [0.4, 0.5) is 0 Å². The predicted octanol–water partition coefficient (Wildman–Crippen LogP) is 4.20. The van der Waals surface area contributed by atoms with Crippen LogP contribution in [0.1, 0.15) is 86.5 Å². The van der Waals surface area contributed by atoms with Gasteiger partial charge in [-0.25, -0.2) is 4.79 Å². The highest BCUT2D eigenvalue weighted by Gasteiger charge is 2.56. The molecule has 9 nitrogen and oxygen atoms in total. The molecule has 0 spiro atoms. The van der Waals surface area contributed by atoms with Gasteiger partial charge in [0, 0.05) is 29.2 Å². The van der Waals surface area contributed by atoms with Crippen molar-refractivity contribution in [1.29, 1.82) is 0 Å². The quantitative estimate of drug-likeness (QED) is 0.0896. The van der Waals surface area contributed by atoms with E-state index in [2.05, 4.69) is 24.1 Å². The zero-order valence-corrected chi connectivity index (χ0v) is 26.6. The molecule has 0 aromatic rings. The number of hydrogen-bond acceptors (Lipinski definition) is 7. The average Bonchev–Trinajstić information content (AvgIpc) is 3.23. The van der Waals surface area contributed by atoms with Gasteiger partial charge in [0.15, 0.2) is 5.78 Å². The number of unbranched alkanes of at least 4 members (excludes halogenated alkanes) is 2. The van der Waals surface area contributed by atoms with Gasteiger partial charge in [0.1, 0.15) is 6.04 Å². The number of Topliss-reactive ketones (excluding diaryl/α,β-unsaturated/α-hetero) is 1.